The summed E-state index contributed by atoms with van der Waals surface area (Å²) in [4.78, 5) is 13.5. The van der Waals surface area contributed by atoms with Gasteiger partial charge in [0.1, 0.15) is 0 Å². The number of likely N-dealkylation sites (N-methyl/N-ethyl adjacent to an activating group) is 1. The van der Waals surface area contributed by atoms with E-state index in [9.17, 15) is 4.79 Å². The lowest BCUT2D eigenvalue weighted by molar-refractivity contribution is -0.117. The first-order valence-corrected chi connectivity index (χ1v) is 5.56. The third-order valence-corrected chi connectivity index (χ3v) is 2.55. The molecule has 0 amide bonds. The normalized spacial score (nSPS) is 17.7. The molecular formula is C12H21NO2. The zero-order valence-corrected chi connectivity index (χ0v) is 9.90. The molecule has 0 bridgehead atoms. The van der Waals surface area contributed by atoms with E-state index in [1.165, 1.54) is 0 Å². The lowest BCUT2D eigenvalue weighted by Crippen LogP contribution is -2.37. The molecule has 0 radical (unpaired) electrons. The summed E-state index contributed by atoms with van der Waals surface area (Å²) in [6, 6.07) is 0. The minimum absolute atomic E-state index is 0.103. The summed E-state index contributed by atoms with van der Waals surface area (Å²) in [6.45, 7) is 7.51. The molecule has 1 aliphatic heterocycles. The van der Waals surface area contributed by atoms with Crippen molar-refractivity contribution in [1.29, 1.82) is 0 Å². The number of hydrogen-bond donors (Lipinski definition) is 0. The van der Waals surface area contributed by atoms with E-state index >= 15 is 0 Å². The van der Waals surface area contributed by atoms with Gasteiger partial charge in [0.2, 0.25) is 0 Å². The lowest BCUT2D eigenvalue weighted by Gasteiger charge is -2.29. The second-order valence-electron chi connectivity index (χ2n) is 4.58. The van der Waals surface area contributed by atoms with Crippen molar-refractivity contribution in [2.45, 2.75) is 13.8 Å². The molecule has 0 N–H and O–H groups in total. The van der Waals surface area contributed by atoms with Crippen molar-refractivity contribution in [3.8, 4) is 0 Å². The highest BCUT2D eigenvalue weighted by molar-refractivity contribution is 5.91. The van der Waals surface area contributed by atoms with Crippen molar-refractivity contribution in [1.82, 2.24) is 4.90 Å². The summed E-state index contributed by atoms with van der Waals surface area (Å²) in [7, 11) is 2.07. The summed E-state index contributed by atoms with van der Waals surface area (Å²) in [5.41, 5.74) is 0. The molecule has 0 saturated carbocycles. The standard InChI is InChI=1S/C12H21NO2/c1-10(2)12(14)5-4-6-13(3)7-11-8-15-9-11/h4-5,10-11H,6-9H2,1-3H3/b5-4+. The summed E-state index contributed by atoms with van der Waals surface area (Å²) in [5.74, 6) is 0.992. The molecular weight excluding hydrogens is 190 g/mol. The Bertz CT molecular complexity index is 232. The smallest absolute Gasteiger partial charge is 0.157 e. The van der Waals surface area contributed by atoms with Crippen molar-refractivity contribution in [3.63, 3.8) is 0 Å². The van der Waals surface area contributed by atoms with Gasteiger partial charge in [0.15, 0.2) is 5.78 Å². The van der Waals surface area contributed by atoms with Crippen LogP contribution in [0.4, 0.5) is 0 Å². The van der Waals surface area contributed by atoms with Gasteiger partial charge in [-0.05, 0) is 13.1 Å². The topological polar surface area (TPSA) is 29.5 Å². The minimum Gasteiger partial charge on any atom is -0.381 e. The molecule has 15 heavy (non-hydrogen) atoms. The van der Waals surface area contributed by atoms with Gasteiger partial charge in [-0.15, -0.1) is 0 Å². The maximum Gasteiger partial charge on any atom is 0.157 e. The van der Waals surface area contributed by atoms with Gasteiger partial charge < -0.3 is 9.64 Å². The fourth-order valence-electron chi connectivity index (χ4n) is 1.45. The van der Waals surface area contributed by atoms with Crippen LogP contribution in [0.25, 0.3) is 0 Å². The number of ether oxygens (including phenoxy) is 1. The van der Waals surface area contributed by atoms with Crippen LogP contribution in [0.1, 0.15) is 13.8 Å². The Morgan fingerprint density at radius 1 is 1.53 bits per heavy atom. The second-order valence-corrected chi connectivity index (χ2v) is 4.58. The third kappa shape index (κ3) is 4.58. The van der Waals surface area contributed by atoms with Gasteiger partial charge in [-0.25, -0.2) is 0 Å². The number of nitrogens with zero attached hydrogens (tertiary/aromatic N) is 1. The summed E-state index contributed by atoms with van der Waals surface area (Å²) < 4.78 is 5.11. The number of rotatable bonds is 6. The highest BCUT2D eigenvalue weighted by Crippen LogP contribution is 2.10. The zero-order chi connectivity index (χ0) is 11.3. The van der Waals surface area contributed by atoms with Gasteiger partial charge >= 0.3 is 0 Å². The number of ketones is 1. The maximum atomic E-state index is 11.3. The van der Waals surface area contributed by atoms with Gasteiger partial charge in [-0.2, -0.15) is 0 Å². The largest absolute Gasteiger partial charge is 0.381 e. The molecule has 0 aromatic carbocycles. The number of carbonyl (C=O) groups excluding carboxylic acids is 1. The van der Waals surface area contributed by atoms with Crippen molar-refractivity contribution in [2.75, 3.05) is 33.4 Å². The molecule has 1 fully saturated rings. The molecule has 0 atom stereocenters. The summed E-state index contributed by atoms with van der Waals surface area (Å²) >= 11 is 0. The molecule has 1 rings (SSSR count). The van der Waals surface area contributed by atoms with Crippen LogP contribution in [0.3, 0.4) is 0 Å². The van der Waals surface area contributed by atoms with Crippen LogP contribution in [0.5, 0.6) is 0 Å². The van der Waals surface area contributed by atoms with Crippen molar-refractivity contribution in [3.05, 3.63) is 12.2 Å². The summed E-state index contributed by atoms with van der Waals surface area (Å²) in [6.07, 6.45) is 3.64. The summed E-state index contributed by atoms with van der Waals surface area (Å²) in [5, 5.41) is 0. The van der Waals surface area contributed by atoms with Gasteiger partial charge in [0.05, 0.1) is 13.2 Å². The first-order chi connectivity index (χ1) is 7.09. The highest BCUT2D eigenvalue weighted by Gasteiger charge is 2.19. The van der Waals surface area contributed by atoms with E-state index in [-0.39, 0.29) is 11.7 Å². The predicted molar refractivity (Wildman–Crippen MR) is 60.8 cm³/mol. The monoisotopic (exact) mass is 211 g/mol. The van der Waals surface area contributed by atoms with E-state index < -0.39 is 0 Å². The SMILES string of the molecule is CC(C)C(=O)/C=C/CN(C)CC1COC1. The van der Waals surface area contributed by atoms with Crippen LogP contribution >= 0.6 is 0 Å². The molecule has 3 heteroatoms. The van der Waals surface area contributed by atoms with E-state index in [2.05, 4.69) is 11.9 Å². The molecule has 3 nitrogen and oxygen atoms in total. The molecule has 0 aliphatic carbocycles. The van der Waals surface area contributed by atoms with Crippen molar-refractivity contribution >= 4 is 5.78 Å². The van der Waals surface area contributed by atoms with Gasteiger partial charge in [0, 0.05) is 24.9 Å². The third-order valence-electron chi connectivity index (χ3n) is 2.55. The number of allylic oxidation sites excluding steroid dienone is 1. The van der Waals surface area contributed by atoms with Crippen molar-refractivity contribution in [2.24, 2.45) is 11.8 Å². The quantitative estimate of drug-likeness (QED) is 0.621. The number of hydrogen-bond acceptors (Lipinski definition) is 3. The Morgan fingerprint density at radius 3 is 2.67 bits per heavy atom. The average molecular weight is 211 g/mol. The Labute approximate surface area is 92.1 Å². The van der Waals surface area contributed by atoms with Crippen LogP contribution in [-0.2, 0) is 9.53 Å². The molecule has 0 aromatic rings. The molecule has 0 spiro atoms. The molecule has 0 aromatic heterocycles. The highest BCUT2D eigenvalue weighted by atomic mass is 16.5. The van der Waals surface area contributed by atoms with Crippen LogP contribution in [0.2, 0.25) is 0 Å². The fourth-order valence-corrected chi connectivity index (χ4v) is 1.45. The Balaban J connectivity index is 2.14. The van der Waals surface area contributed by atoms with E-state index in [1.54, 1.807) is 6.08 Å². The first kappa shape index (κ1) is 12.4. The van der Waals surface area contributed by atoms with Crippen LogP contribution in [-0.4, -0.2) is 44.0 Å². The van der Waals surface area contributed by atoms with Crippen LogP contribution < -0.4 is 0 Å². The van der Waals surface area contributed by atoms with Crippen molar-refractivity contribution < 1.29 is 9.53 Å². The fraction of sp³-hybridized carbons (Fsp3) is 0.750. The van der Waals surface area contributed by atoms with Crippen LogP contribution in [0.15, 0.2) is 12.2 Å². The van der Waals surface area contributed by atoms with E-state index in [4.69, 9.17) is 4.74 Å². The lowest BCUT2D eigenvalue weighted by atomic mass is 10.1. The number of carbonyl (C=O) groups is 1. The molecule has 86 valence electrons. The zero-order valence-electron chi connectivity index (χ0n) is 9.90. The average Bonchev–Trinajstić information content (AvgIpc) is 2.11. The molecule has 1 heterocycles. The Morgan fingerprint density at radius 2 is 2.20 bits per heavy atom. The van der Waals surface area contributed by atoms with E-state index in [0.29, 0.717) is 5.92 Å². The molecule has 1 saturated heterocycles. The van der Waals surface area contributed by atoms with Crippen LogP contribution in [0, 0.1) is 11.8 Å². The maximum absolute atomic E-state index is 11.3. The van der Waals surface area contributed by atoms with E-state index in [0.717, 1.165) is 26.3 Å². The predicted octanol–water partition coefficient (Wildman–Crippen LogP) is 1.35. The van der Waals surface area contributed by atoms with Gasteiger partial charge in [-0.3, -0.25) is 4.79 Å². The Kier molecular flexibility index (Phi) is 4.99. The first-order valence-electron chi connectivity index (χ1n) is 5.56. The minimum atomic E-state index is 0.103. The second kappa shape index (κ2) is 6.03. The molecule has 0 unspecified atom stereocenters. The Hall–Kier alpha value is -0.670. The van der Waals surface area contributed by atoms with E-state index in [1.807, 2.05) is 19.9 Å². The molecule has 1 aliphatic rings. The van der Waals surface area contributed by atoms with Gasteiger partial charge in [-0.1, -0.05) is 19.9 Å². The van der Waals surface area contributed by atoms with Gasteiger partial charge in [0.25, 0.3) is 0 Å².